The zero-order valence-corrected chi connectivity index (χ0v) is 11.2. The van der Waals surface area contributed by atoms with Gasteiger partial charge in [-0.1, -0.05) is 0 Å². The van der Waals surface area contributed by atoms with Crippen LogP contribution in [0.25, 0.3) is 0 Å². The molecule has 1 rings (SSSR count). The van der Waals surface area contributed by atoms with E-state index in [1.165, 1.54) is 5.84 Å². The number of amidine groups is 1. The van der Waals surface area contributed by atoms with E-state index in [4.69, 9.17) is 4.74 Å². The van der Waals surface area contributed by atoms with Crippen molar-refractivity contribution in [1.82, 2.24) is 4.90 Å². The van der Waals surface area contributed by atoms with Gasteiger partial charge in [0.1, 0.15) is 13.1 Å². The minimum Gasteiger partial charge on any atom is -1.00 e. The van der Waals surface area contributed by atoms with E-state index in [0.29, 0.717) is 0 Å². The Labute approximate surface area is 102 Å². The molecule has 18 heavy (non-hydrogen) atoms. The van der Waals surface area contributed by atoms with Gasteiger partial charge in [0.15, 0.2) is 0 Å². The standard InChI is InChI=1S/C8H17N2O.F5P.FH/c1-8(9(2)3)10-4-6-11-7-5-10;1-6(2,3,4)5;/h4-7H2,1-3H3;;1H/q+1;;/p-1. The number of halogens is 6. The summed E-state index contributed by atoms with van der Waals surface area (Å²) in [5, 5.41) is 0. The molecule has 3 nitrogen and oxygen atoms in total. The molecular formula is C8H17F6N2OP. The molecule has 0 radical (unpaired) electrons. The Morgan fingerprint density at radius 3 is 1.67 bits per heavy atom. The Bertz CT molecular complexity index is 264. The summed E-state index contributed by atoms with van der Waals surface area (Å²) in [6.45, 7) is 5.94. The molecule has 0 N–H and O–H groups in total. The number of ether oxygens (including phenoxy) is 1. The fraction of sp³-hybridized carbons (Fsp3) is 0.875. The molecule has 0 amide bonds. The normalized spacial score (nSPS) is 17.6. The first kappa shape index (κ1) is 19.8. The first-order chi connectivity index (χ1) is 7.45. The van der Waals surface area contributed by atoms with Gasteiger partial charge in [-0.25, -0.2) is 0 Å². The number of hydrogen-bond donors (Lipinski definition) is 0. The van der Waals surface area contributed by atoms with Gasteiger partial charge in [0.25, 0.3) is 0 Å². The van der Waals surface area contributed by atoms with Gasteiger partial charge in [-0.15, -0.1) is 0 Å². The Hall–Kier alpha value is -0.560. The minimum absolute atomic E-state index is 0. The van der Waals surface area contributed by atoms with E-state index >= 15 is 0 Å². The van der Waals surface area contributed by atoms with E-state index < -0.39 is 8.16 Å². The third kappa shape index (κ3) is 13.5. The molecule has 1 aliphatic heterocycles. The Kier molecular flexibility index (Phi) is 7.84. The second-order valence-electron chi connectivity index (χ2n) is 3.68. The van der Waals surface area contributed by atoms with Gasteiger partial charge < -0.3 is 9.44 Å². The van der Waals surface area contributed by atoms with Crippen molar-refractivity contribution in [3.63, 3.8) is 0 Å². The van der Waals surface area contributed by atoms with E-state index in [-0.39, 0.29) is 4.70 Å². The number of hydrogen-bond acceptors (Lipinski definition) is 1. The van der Waals surface area contributed by atoms with Crippen LogP contribution in [0.3, 0.4) is 0 Å². The van der Waals surface area contributed by atoms with Crippen LogP contribution in [0.2, 0.25) is 0 Å². The maximum absolute atomic E-state index is 9.84. The molecular weight excluding hydrogens is 285 g/mol. The minimum atomic E-state index is -8.55. The average molecular weight is 302 g/mol. The predicted octanol–water partition coefficient (Wildman–Crippen LogP) is -0.0247. The summed E-state index contributed by atoms with van der Waals surface area (Å²) in [4.78, 5) is 2.35. The summed E-state index contributed by atoms with van der Waals surface area (Å²) < 4.78 is 56.6. The third-order valence-electron chi connectivity index (χ3n) is 2.12. The van der Waals surface area contributed by atoms with Gasteiger partial charge >= 0.3 is 29.1 Å². The van der Waals surface area contributed by atoms with E-state index in [2.05, 4.69) is 30.5 Å². The molecule has 0 unspecified atom stereocenters. The van der Waals surface area contributed by atoms with Crippen LogP contribution < -0.4 is 4.70 Å². The maximum Gasteiger partial charge on any atom is -1.00 e. The fourth-order valence-corrected chi connectivity index (χ4v) is 1.17. The molecule has 1 saturated heterocycles. The van der Waals surface area contributed by atoms with Gasteiger partial charge in [-0.2, -0.15) is 0 Å². The van der Waals surface area contributed by atoms with Crippen molar-refractivity contribution in [2.45, 2.75) is 6.92 Å². The molecule has 1 aliphatic rings. The van der Waals surface area contributed by atoms with Gasteiger partial charge in [-0.05, 0) is 0 Å². The van der Waals surface area contributed by atoms with Crippen LogP contribution in [0.1, 0.15) is 6.92 Å². The molecule has 1 heterocycles. The second-order valence-corrected chi connectivity index (χ2v) is 4.96. The number of nitrogens with zero attached hydrogens (tertiary/aromatic N) is 2. The molecule has 112 valence electrons. The molecule has 1 fully saturated rings. The summed E-state index contributed by atoms with van der Waals surface area (Å²) in [5.74, 6) is 1.33. The molecule has 0 atom stereocenters. The van der Waals surface area contributed by atoms with Crippen LogP contribution in [0.4, 0.5) is 21.0 Å². The first-order valence-corrected chi connectivity index (χ1v) is 6.59. The zero-order chi connectivity index (χ0) is 13.7. The van der Waals surface area contributed by atoms with Crippen molar-refractivity contribution in [1.29, 1.82) is 0 Å². The maximum atomic E-state index is 9.84. The van der Waals surface area contributed by atoms with E-state index in [1.54, 1.807) is 0 Å². The van der Waals surface area contributed by atoms with Crippen LogP contribution in [0.15, 0.2) is 0 Å². The van der Waals surface area contributed by atoms with Crippen LogP contribution in [0, 0.1) is 0 Å². The molecule has 10 heteroatoms. The molecule has 0 aromatic heterocycles. The second kappa shape index (κ2) is 7.13. The summed E-state index contributed by atoms with van der Waals surface area (Å²) in [7, 11) is -4.40. The average Bonchev–Trinajstić information content (AvgIpc) is 2.14. The molecule has 0 aliphatic carbocycles. The summed E-state index contributed by atoms with van der Waals surface area (Å²) in [5.41, 5.74) is 0. The quantitative estimate of drug-likeness (QED) is 0.205. The predicted molar refractivity (Wildman–Crippen MR) is 57.6 cm³/mol. The smallest absolute Gasteiger partial charge is 1.00 e. The van der Waals surface area contributed by atoms with E-state index in [9.17, 15) is 21.0 Å². The van der Waals surface area contributed by atoms with Gasteiger partial charge in [0.2, 0.25) is 5.84 Å². The number of morpholine rings is 1. The van der Waals surface area contributed by atoms with Crippen molar-refractivity contribution in [3.05, 3.63) is 0 Å². The van der Waals surface area contributed by atoms with Gasteiger partial charge in [0.05, 0.1) is 27.3 Å². The monoisotopic (exact) mass is 302 g/mol. The van der Waals surface area contributed by atoms with Crippen LogP contribution in [0.5, 0.6) is 0 Å². The van der Waals surface area contributed by atoms with Crippen molar-refractivity contribution in [3.8, 4) is 0 Å². The van der Waals surface area contributed by atoms with Gasteiger partial charge in [-0.3, -0.25) is 9.48 Å². The molecule has 0 bridgehead atoms. The number of rotatable bonds is 0. The zero-order valence-electron chi connectivity index (χ0n) is 10.3. The fourth-order valence-electron chi connectivity index (χ4n) is 1.17. The van der Waals surface area contributed by atoms with E-state index in [0.717, 1.165) is 26.3 Å². The van der Waals surface area contributed by atoms with Crippen LogP contribution in [-0.4, -0.2) is 55.7 Å². The molecule has 0 aromatic carbocycles. The SMILES string of the molecule is CC(N1CCOCC1)=[N+](C)C.FP(F)(F)(F)F.[F-]. The van der Waals surface area contributed by atoms with Crippen molar-refractivity contribution >= 4 is 14.0 Å². The van der Waals surface area contributed by atoms with Crippen molar-refractivity contribution < 1.29 is 35.0 Å². The van der Waals surface area contributed by atoms with Crippen LogP contribution >= 0.6 is 8.16 Å². The summed E-state index contributed by atoms with van der Waals surface area (Å²) >= 11 is 0. The molecule has 0 spiro atoms. The summed E-state index contributed by atoms with van der Waals surface area (Å²) in [6, 6.07) is 0. The first-order valence-electron chi connectivity index (χ1n) is 4.90. The molecule has 0 aromatic rings. The largest absolute Gasteiger partial charge is 1.00 e. The van der Waals surface area contributed by atoms with Crippen molar-refractivity contribution in [2.75, 3.05) is 40.4 Å². The van der Waals surface area contributed by atoms with Crippen molar-refractivity contribution in [2.24, 2.45) is 0 Å². The Balaban J connectivity index is 0. The van der Waals surface area contributed by atoms with Gasteiger partial charge in [0, 0.05) is 6.92 Å². The third-order valence-corrected chi connectivity index (χ3v) is 2.12. The van der Waals surface area contributed by atoms with E-state index in [1.807, 2.05) is 0 Å². The topological polar surface area (TPSA) is 15.5 Å². The van der Waals surface area contributed by atoms with Crippen LogP contribution in [-0.2, 0) is 4.74 Å². The summed E-state index contributed by atoms with van der Waals surface area (Å²) in [6.07, 6.45) is 0. The Morgan fingerprint density at radius 2 is 1.39 bits per heavy atom. The molecule has 0 saturated carbocycles. The Morgan fingerprint density at radius 1 is 1.06 bits per heavy atom.